The van der Waals surface area contributed by atoms with E-state index in [4.69, 9.17) is 9.47 Å². The summed E-state index contributed by atoms with van der Waals surface area (Å²) in [4.78, 5) is 11.8. The van der Waals surface area contributed by atoms with Gasteiger partial charge in [-0.05, 0) is 73.3 Å². The second-order valence-electron chi connectivity index (χ2n) is 7.75. The predicted molar refractivity (Wildman–Crippen MR) is 85.4 cm³/mol. The van der Waals surface area contributed by atoms with Gasteiger partial charge in [0.15, 0.2) is 0 Å². The van der Waals surface area contributed by atoms with Crippen LogP contribution < -0.4 is 5.32 Å². The molecule has 122 valence electrons. The number of carbonyl (C=O) groups excluding carboxylic acids is 1. The van der Waals surface area contributed by atoms with Crippen LogP contribution in [0.5, 0.6) is 0 Å². The van der Waals surface area contributed by atoms with Crippen molar-refractivity contribution in [1.29, 1.82) is 0 Å². The molecule has 2 unspecified atom stereocenters. The number of alkyl carbamates (subject to hydrolysis) is 1. The van der Waals surface area contributed by atoms with E-state index in [1.165, 1.54) is 0 Å². The monoisotopic (exact) mass is 297 g/mol. The molecule has 0 aliphatic heterocycles. The van der Waals surface area contributed by atoms with Gasteiger partial charge in [0.25, 0.3) is 0 Å². The van der Waals surface area contributed by atoms with Crippen molar-refractivity contribution in [3.63, 3.8) is 0 Å². The lowest BCUT2D eigenvalue weighted by molar-refractivity contribution is -0.0697. The second-order valence-corrected chi connectivity index (χ2v) is 7.75. The summed E-state index contributed by atoms with van der Waals surface area (Å²) < 4.78 is 11.5. The fraction of sp³-hybridized carbons (Fsp3) is 0.824. The van der Waals surface area contributed by atoms with Gasteiger partial charge in [0.2, 0.25) is 0 Å². The zero-order valence-electron chi connectivity index (χ0n) is 14.4. The Morgan fingerprint density at radius 2 is 1.76 bits per heavy atom. The maximum atomic E-state index is 11.8. The summed E-state index contributed by atoms with van der Waals surface area (Å²) in [6.45, 7) is 12.0. The van der Waals surface area contributed by atoms with Crippen molar-refractivity contribution in [3.8, 4) is 0 Å². The van der Waals surface area contributed by atoms with Crippen LogP contribution >= 0.6 is 0 Å². The van der Waals surface area contributed by atoms with Crippen molar-refractivity contribution < 1.29 is 14.3 Å². The van der Waals surface area contributed by atoms with Crippen molar-refractivity contribution >= 4 is 6.09 Å². The van der Waals surface area contributed by atoms with Gasteiger partial charge in [-0.15, -0.1) is 0 Å². The third-order valence-corrected chi connectivity index (χ3v) is 3.03. The minimum atomic E-state index is -0.356. The van der Waals surface area contributed by atoms with Crippen LogP contribution in [0.3, 0.4) is 0 Å². The first-order valence-corrected chi connectivity index (χ1v) is 7.88. The molecule has 1 aliphatic rings. The highest BCUT2D eigenvalue weighted by Crippen LogP contribution is 2.22. The van der Waals surface area contributed by atoms with E-state index < -0.39 is 0 Å². The first-order valence-electron chi connectivity index (χ1n) is 7.88. The van der Waals surface area contributed by atoms with E-state index in [1.54, 1.807) is 0 Å². The second kappa shape index (κ2) is 7.30. The van der Waals surface area contributed by atoms with E-state index in [1.807, 2.05) is 26.8 Å². The van der Waals surface area contributed by atoms with Crippen molar-refractivity contribution in [2.24, 2.45) is 0 Å². The molecule has 0 aromatic heterocycles. The van der Waals surface area contributed by atoms with Crippen molar-refractivity contribution in [2.75, 3.05) is 0 Å². The van der Waals surface area contributed by atoms with Gasteiger partial charge in [-0.3, -0.25) is 0 Å². The SMILES string of the molecule is CC(C)(C)NC(=O)OC1/C=C/CCC(OC(C)(C)C)CC1. The van der Waals surface area contributed by atoms with Gasteiger partial charge < -0.3 is 14.8 Å². The Morgan fingerprint density at radius 1 is 1.10 bits per heavy atom. The largest absolute Gasteiger partial charge is 0.442 e. The maximum Gasteiger partial charge on any atom is 0.408 e. The molecular weight excluding hydrogens is 266 g/mol. The number of rotatable bonds is 2. The lowest BCUT2D eigenvalue weighted by Gasteiger charge is -2.29. The van der Waals surface area contributed by atoms with E-state index >= 15 is 0 Å². The molecule has 0 spiro atoms. The maximum absolute atomic E-state index is 11.8. The Bertz CT molecular complexity index is 363. The van der Waals surface area contributed by atoms with E-state index in [0.29, 0.717) is 0 Å². The fourth-order valence-corrected chi connectivity index (χ4v) is 2.31. The van der Waals surface area contributed by atoms with Crippen molar-refractivity contribution in [3.05, 3.63) is 12.2 Å². The van der Waals surface area contributed by atoms with Crippen LogP contribution in [-0.2, 0) is 9.47 Å². The van der Waals surface area contributed by atoms with Crippen molar-refractivity contribution in [2.45, 2.75) is 90.6 Å². The molecule has 0 bridgehead atoms. The summed E-state index contributed by atoms with van der Waals surface area (Å²) >= 11 is 0. The number of hydrogen-bond acceptors (Lipinski definition) is 3. The molecule has 1 aliphatic carbocycles. The van der Waals surface area contributed by atoms with Crippen LogP contribution in [-0.4, -0.2) is 29.4 Å². The highest BCUT2D eigenvalue weighted by atomic mass is 16.6. The van der Waals surface area contributed by atoms with Gasteiger partial charge in [0.05, 0.1) is 11.7 Å². The smallest absolute Gasteiger partial charge is 0.408 e. The Kier molecular flexibility index (Phi) is 6.26. The molecule has 1 amide bonds. The molecule has 0 aromatic rings. The zero-order chi connectivity index (χ0) is 16.1. The molecule has 1 N–H and O–H groups in total. The van der Waals surface area contributed by atoms with E-state index in [0.717, 1.165) is 25.7 Å². The van der Waals surface area contributed by atoms with E-state index in [2.05, 4.69) is 32.2 Å². The topological polar surface area (TPSA) is 47.6 Å². The summed E-state index contributed by atoms with van der Waals surface area (Å²) in [5.74, 6) is 0. The summed E-state index contributed by atoms with van der Waals surface area (Å²) in [5.41, 5.74) is -0.409. The van der Waals surface area contributed by atoms with Crippen LogP contribution in [0.25, 0.3) is 0 Å². The fourth-order valence-electron chi connectivity index (χ4n) is 2.31. The summed E-state index contributed by atoms with van der Waals surface area (Å²) in [7, 11) is 0. The Labute approximate surface area is 129 Å². The number of hydrogen-bond donors (Lipinski definition) is 1. The van der Waals surface area contributed by atoms with Gasteiger partial charge in [-0.25, -0.2) is 4.79 Å². The molecule has 0 saturated heterocycles. The normalized spacial score (nSPS) is 25.6. The Balaban J connectivity index is 2.50. The summed E-state index contributed by atoms with van der Waals surface area (Å²) in [6, 6.07) is 0. The number of carbonyl (C=O) groups is 1. The molecule has 0 fully saturated rings. The van der Waals surface area contributed by atoms with Crippen LogP contribution in [0, 0.1) is 0 Å². The average molecular weight is 297 g/mol. The molecule has 4 nitrogen and oxygen atoms in total. The van der Waals surface area contributed by atoms with Crippen LogP contribution in [0.1, 0.15) is 67.2 Å². The molecule has 21 heavy (non-hydrogen) atoms. The number of allylic oxidation sites excluding steroid dienone is 1. The number of amides is 1. The van der Waals surface area contributed by atoms with Gasteiger partial charge in [-0.2, -0.15) is 0 Å². The Hall–Kier alpha value is -1.03. The van der Waals surface area contributed by atoms with Gasteiger partial charge in [0.1, 0.15) is 6.10 Å². The average Bonchev–Trinajstić information content (AvgIpc) is 2.22. The molecule has 1 rings (SSSR count). The molecule has 0 heterocycles. The molecule has 4 heteroatoms. The molecule has 0 radical (unpaired) electrons. The van der Waals surface area contributed by atoms with Gasteiger partial charge in [0, 0.05) is 5.54 Å². The molecule has 0 saturated carbocycles. The van der Waals surface area contributed by atoms with Crippen molar-refractivity contribution in [1.82, 2.24) is 5.32 Å². The number of nitrogens with one attached hydrogen (secondary N) is 1. The zero-order valence-corrected chi connectivity index (χ0v) is 14.4. The third kappa shape index (κ3) is 8.76. The Morgan fingerprint density at radius 3 is 2.33 bits per heavy atom. The highest BCUT2D eigenvalue weighted by molar-refractivity contribution is 5.68. The highest BCUT2D eigenvalue weighted by Gasteiger charge is 2.23. The molecular formula is C17H31NO3. The van der Waals surface area contributed by atoms with Gasteiger partial charge in [-0.1, -0.05) is 6.08 Å². The minimum Gasteiger partial charge on any atom is -0.442 e. The molecule has 2 atom stereocenters. The third-order valence-electron chi connectivity index (χ3n) is 3.03. The first-order chi connectivity index (χ1) is 9.55. The van der Waals surface area contributed by atoms with E-state index in [-0.39, 0.29) is 29.4 Å². The molecule has 0 aromatic carbocycles. The summed E-state index contributed by atoms with van der Waals surface area (Å²) in [5, 5.41) is 2.83. The predicted octanol–water partition coefficient (Wildman–Crippen LogP) is 4.19. The lowest BCUT2D eigenvalue weighted by atomic mass is 10.0. The lowest BCUT2D eigenvalue weighted by Crippen LogP contribution is -2.42. The minimum absolute atomic E-state index is 0.131. The quantitative estimate of drug-likeness (QED) is 0.777. The summed E-state index contributed by atoms with van der Waals surface area (Å²) in [6.07, 6.45) is 7.49. The standard InChI is InChI=1S/C17H31NO3/c1-16(2,3)18-15(19)20-13-9-7-8-10-14(12-11-13)21-17(4,5)6/h7,9,13-14H,8,10-12H2,1-6H3,(H,18,19)/b9-7+. The van der Waals surface area contributed by atoms with Crippen LogP contribution in [0.15, 0.2) is 12.2 Å². The van der Waals surface area contributed by atoms with E-state index in [9.17, 15) is 4.79 Å². The van der Waals surface area contributed by atoms with Crippen LogP contribution in [0.4, 0.5) is 4.79 Å². The van der Waals surface area contributed by atoms with Crippen LogP contribution in [0.2, 0.25) is 0 Å². The first kappa shape index (κ1) is 18.0. The van der Waals surface area contributed by atoms with Gasteiger partial charge >= 0.3 is 6.09 Å². The number of ether oxygens (including phenoxy) is 2.